The minimum Gasteiger partial charge on any atom is -0.363 e. The number of rotatable bonds is 8. The van der Waals surface area contributed by atoms with Crippen LogP contribution in [0.4, 0.5) is 10.1 Å². The number of carbonyl (C=O) groups is 1. The highest BCUT2D eigenvalue weighted by molar-refractivity contribution is 5.89. The van der Waals surface area contributed by atoms with Gasteiger partial charge in [-0.1, -0.05) is 26.7 Å². The molecular weight excluding hydrogens is 267 g/mol. The van der Waals surface area contributed by atoms with Gasteiger partial charge in [-0.25, -0.2) is 9.38 Å². The Balaban J connectivity index is 3.03. The summed E-state index contributed by atoms with van der Waals surface area (Å²) >= 11 is 0. The van der Waals surface area contributed by atoms with Gasteiger partial charge in [0.05, 0.1) is 5.69 Å². The average Bonchev–Trinajstić information content (AvgIpc) is 2.50. The molecule has 0 amide bonds. The van der Waals surface area contributed by atoms with Crippen LogP contribution in [0.1, 0.15) is 56.3 Å². The highest BCUT2D eigenvalue weighted by atomic mass is 19.1. The van der Waals surface area contributed by atoms with E-state index in [9.17, 15) is 9.18 Å². The van der Waals surface area contributed by atoms with E-state index in [0.717, 1.165) is 44.5 Å². The van der Waals surface area contributed by atoms with E-state index in [0.29, 0.717) is 17.5 Å². The lowest BCUT2D eigenvalue weighted by molar-refractivity contribution is 0.112. The standard InChI is InChI=1S/C17H25FN2O/c1-4-6-8-17(20(3)11-7-5-2)19-16-10-9-15(18)12-14(16)13-21/h9-10,12-13H,4-8,11H2,1-3H3. The molecule has 0 unspecified atom stereocenters. The van der Waals surface area contributed by atoms with E-state index in [4.69, 9.17) is 0 Å². The number of halogens is 1. The third-order valence-corrected chi connectivity index (χ3v) is 3.41. The van der Waals surface area contributed by atoms with Gasteiger partial charge in [0.15, 0.2) is 6.29 Å². The van der Waals surface area contributed by atoms with Crippen molar-refractivity contribution < 1.29 is 9.18 Å². The molecule has 0 aromatic heterocycles. The summed E-state index contributed by atoms with van der Waals surface area (Å²) in [5.74, 6) is 0.547. The van der Waals surface area contributed by atoms with Crippen molar-refractivity contribution in [3.8, 4) is 0 Å². The molecule has 0 saturated heterocycles. The Morgan fingerprint density at radius 3 is 2.62 bits per heavy atom. The molecule has 0 fully saturated rings. The maximum absolute atomic E-state index is 13.2. The summed E-state index contributed by atoms with van der Waals surface area (Å²) in [6.07, 6.45) is 5.89. The SMILES string of the molecule is CCCCC(=Nc1ccc(F)cc1C=O)N(C)CCCC. The molecule has 0 aliphatic rings. The zero-order valence-corrected chi connectivity index (χ0v) is 13.2. The van der Waals surface area contributed by atoms with Crippen LogP contribution in [0.3, 0.4) is 0 Å². The van der Waals surface area contributed by atoms with E-state index >= 15 is 0 Å². The number of aldehydes is 1. The molecular formula is C17H25FN2O. The van der Waals surface area contributed by atoms with Crippen LogP contribution in [0.15, 0.2) is 23.2 Å². The van der Waals surface area contributed by atoms with Crippen LogP contribution in [0, 0.1) is 5.82 Å². The first-order valence-electron chi connectivity index (χ1n) is 7.65. The van der Waals surface area contributed by atoms with Gasteiger partial charge in [0.25, 0.3) is 0 Å². The summed E-state index contributed by atoms with van der Waals surface area (Å²) in [5, 5.41) is 0. The number of nitrogens with zero attached hydrogens (tertiary/aromatic N) is 2. The second kappa shape index (κ2) is 9.27. The molecule has 0 aliphatic carbocycles. The van der Waals surface area contributed by atoms with Crippen molar-refractivity contribution in [2.45, 2.75) is 46.0 Å². The van der Waals surface area contributed by atoms with E-state index in [1.807, 2.05) is 7.05 Å². The van der Waals surface area contributed by atoms with Crippen molar-refractivity contribution in [1.82, 2.24) is 4.90 Å². The number of aliphatic imine (C=N–C) groups is 1. The van der Waals surface area contributed by atoms with Gasteiger partial charge in [-0.15, -0.1) is 0 Å². The van der Waals surface area contributed by atoms with Gasteiger partial charge in [-0.3, -0.25) is 4.79 Å². The van der Waals surface area contributed by atoms with Crippen molar-refractivity contribution in [1.29, 1.82) is 0 Å². The molecule has 0 atom stereocenters. The van der Waals surface area contributed by atoms with Gasteiger partial charge < -0.3 is 4.90 Å². The fourth-order valence-corrected chi connectivity index (χ4v) is 2.05. The van der Waals surface area contributed by atoms with E-state index in [2.05, 4.69) is 23.7 Å². The summed E-state index contributed by atoms with van der Waals surface area (Å²) in [5.41, 5.74) is 0.841. The molecule has 0 aliphatic heterocycles. The van der Waals surface area contributed by atoms with Gasteiger partial charge in [0.1, 0.15) is 11.7 Å². The van der Waals surface area contributed by atoms with Crippen LogP contribution in [0.2, 0.25) is 0 Å². The summed E-state index contributed by atoms with van der Waals surface area (Å²) in [7, 11) is 2.02. The lowest BCUT2D eigenvalue weighted by Gasteiger charge is -2.21. The first-order chi connectivity index (χ1) is 10.1. The molecule has 0 N–H and O–H groups in total. The van der Waals surface area contributed by atoms with Gasteiger partial charge in [-0.05, 0) is 31.0 Å². The van der Waals surface area contributed by atoms with E-state index in [-0.39, 0.29) is 0 Å². The number of carbonyl (C=O) groups excluding carboxylic acids is 1. The van der Waals surface area contributed by atoms with E-state index in [1.54, 1.807) is 6.07 Å². The normalized spacial score (nSPS) is 11.5. The van der Waals surface area contributed by atoms with Crippen molar-refractivity contribution in [3.63, 3.8) is 0 Å². The summed E-state index contributed by atoms with van der Waals surface area (Å²) in [6, 6.07) is 4.14. The predicted octanol–water partition coefficient (Wildman–Crippen LogP) is 4.59. The predicted molar refractivity (Wildman–Crippen MR) is 85.9 cm³/mol. The Bertz CT molecular complexity index is 486. The van der Waals surface area contributed by atoms with E-state index < -0.39 is 5.82 Å². The molecule has 1 aromatic carbocycles. The average molecular weight is 292 g/mol. The first-order valence-corrected chi connectivity index (χ1v) is 7.65. The van der Waals surface area contributed by atoms with Gasteiger partial charge in [0, 0.05) is 25.6 Å². The topological polar surface area (TPSA) is 32.7 Å². The van der Waals surface area contributed by atoms with Crippen LogP contribution in [-0.2, 0) is 0 Å². The summed E-state index contributed by atoms with van der Waals surface area (Å²) in [6.45, 7) is 5.23. The Morgan fingerprint density at radius 2 is 2.00 bits per heavy atom. The van der Waals surface area contributed by atoms with Crippen molar-refractivity contribution in [2.75, 3.05) is 13.6 Å². The van der Waals surface area contributed by atoms with Crippen LogP contribution in [-0.4, -0.2) is 30.6 Å². The fourth-order valence-electron chi connectivity index (χ4n) is 2.05. The lowest BCUT2D eigenvalue weighted by atomic mass is 10.2. The van der Waals surface area contributed by atoms with Gasteiger partial charge in [0.2, 0.25) is 0 Å². The molecule has 1 aromatic rings. The maximum atomic E-state index is 13.2. The van der Waals surface area contributed by atoms with Crippen LogP contribution in [0.5, 0.6) is 0 Å². The second-order valence-electron chi connectivity index (χ2n) is 5.23. The molecule has 0 saturated carbocycles. The van der Waals surface area contributed by atoms with Crippen molar-refractivity contribution in [2.24, 2.45) is 4.99 Å². The fraction of sp³-hybridized carbons (Fsp3) is 0.529. The Kier molecular flexibility index (Phi) is 7.65. The smallest absolute Gasteiger partial charge is 0.152 e. The highest BCUT2D eigenvalue weighted by Gasteiger charge is 2.09. The first kappa shape index (κ1) is 17.3. The third-order valence-electron chi connectivity index (χ3n) is 3.41. The molecule has 116 valence electrons. The molecule has 3 nitrogen and oxygen atoms in total. The van der Waals surface area contributed by atoms with Crippen LogP contribution >= 0.6 is 0 Å². The molecule has 0 bridgehead atoms. The molecule has 4 heteroatoms. The van der Waals surface area contributed by atoms with Crippen molar-refractivity contribution in [3.05, 3.63) is 29.6 Å². The van der Waals surface area contributed by atoms with Crippen LogP contribution in [0.25, 0.3) is 0 Å². The minimum absolute atomic E-state index is 0.299. The molecule has 1 rings (SSSR count). The quantitative estimate of drug-likeness (QED) is 0.399. The number of amidine groups is 1. The summed E-state index contributed by atoms with van der Waals surface area (Å²) < 4.78 is 13.2. The number of unbranched alkanes of at least 4 members (excludes halogenated alkanes) is 2. The second-order valence-corrected chi connectivity index (χ2v) is 5.23. The Morgan fingerprint density at radius 1 is 1.29 bits per heavy atom. The Hall–Kier alpha value is -1.71. The number of benzene rings is 1. The molecule has 21 heavy (non-hydrogen) atoms. The molecule has 0 radical (unpaired) electrons. The maximum Gasteiger partial charge on any atom is 0.152 e. The molecule has 0 heterocycles. The number of hydrogen-bond acceptors (Lipinski definition) is 2. The van der Waals surface area contributed by atoms with Crippen LogP contribution < -0.4 is 0 Å². The Labute approximate surface area is 126 Å². The monoisotopic (exact) mass is 292 g/mol. The van der Waals surface area contributed by atoms with Gasteiger partial charge in [-0.2, -0.15) is 0 Å². The largest absolute Gasteiger partial charge is 0.363 e. The zero-order chi connectivity index (χ0) is 15.7. The summed E-state index contributed by atoms with van der Waals surface area (Å²) in [4.78, 5) is 17.8. The van der Waals surface area contributed by atoms with E-state index in [1.165, 1.54) is 12.1 Å². The minimum atomic E-state index is -0.412. The van der Waals surface area contributed by atoms with Crippen molar-refractivity contribution >= 4 is 17.8 Å². The lowest BCUT2D eigenvalue weighted by Crippen LogP contribution is -2.27. The number of hydrogen-bond donors (Lipinski definition) is 0. The highest BCUT2D eigenvalue weighted by Crippen LogP contribution is 2.20. The third kappa shape index (κ3) is 5.66. The van der Waals surface area contributed by atoms with Gasteiger partial charge >= 0.3 is 0 Å². The molecule has 0 spiro atoms. The zero-order valence-electron chi connectivity index (χ0n) is 13.2.